The third-order valence-electron chi connectivity index (χ3n) is 3.73. The number of benzene rings is 1. The number of hydrogen-bond donors (Lipinski definition) is 1. The van der Waals surface area contributed by atoms with Crippen molar-refractivity contribution in [2.75, 3.05) is 6.54 Å². The van der Waals surface area contributed by atoms with Crippen LogP contribution in [0.4, 0.5) is 4.39 Å². The number of amides is 1. The molecule has 4 heteroatoms. The molecule has 2 nitrogen and oxygen atoms in total. The lowest BCUT2D eigenvalue weighted by atomic mass is 9.74. The molecule has 0 aliphatic heterocycles. The van der Waals surface area contributed by atoms with E-state index in [9.17, 15) is 9.18 Å². The van der Waals surface area contributed by atoms with E-state index in [2.05, 4.69) is 29.6 Å². The maximum Gasteiger partial charge on any atom is 0.270 e. The summed E-state index contributed by atoms with van der Waals surface area (Å²) < 4.78 is 12.7. The van der Waals surface area contributed by atoms with Crippen molar-refractivity contribution in [3.63, 3.8) is 0 Å². The first kappa shape index (κ1) is 15.0. The molecule has 0 saturated heterocycles. The zero-order valence-electron chi connectivity index (χ0n) is 11.3. The summed E-state index contributed by atoms with van der Waals surface area (Å²) in [6, 6.07) is 10.1. The van der Waals surface area contributed by atoms with E-state index in [1.165, 1.54) is 5.56 Å². The average Bonchev–Trinajstić information content (AvgIpc) is 2.47. The van der Waals surface area contributed by atoms with Crippen molar-refractivity contribution in [1.82, 2.24) is 5.32 Å². The van der Waals surface area contributed by atoms with Gasteiger partial charge in [0.05, 0.1) is 0 Å². The van der Waals surface area contributed by atoms with Crippen LogP contribution in [0.15, 0.2) is 42.5 Å². The van der Waals surface area contributed by atoms with Gasteiger partial charge in [-0.2, -0.15) is 0 Å². The van der Waals surface area contributed by atoms with Gasteiger partial charge >= 0.3 is 0 Å². The van der Waals surface area contributed by atoms with Crippen molar-refractivity contribution in [2.24, 2.45) is 5.41 Å². The molecule has 2 atom stereocenters. The molecule has 1 N–H and O–H groups in total. The Hall–Kier alpha value is -1.35. The lowest BCUT2D eigenvalue weighted by Gasteiger charge is -2.33. The van der Waals surface area contributed by atoms with Crippen molar-refractivity contribution in [3.05, 3.63) is 48.0 Å². The molecule has 2 rings (SSSR count). The fraction of sp³-hybridized carbons (Fsp3) is 0.438. The summed E-state index contributed by atoms with van der Waals surface area (Å²) >= 11 is 5.15. The van der Waals surface area contributed by atoms with Gasteiger partial charge in [-0.1, -0.05) is 54.1 Å². The number of halogens is 2. The summed E-state index contributed by atoms with van der Waals surface area (Å²) in [4.78, 5) is 11.3. The second kappa shape index (κ2) is 6.89. The maximum atomic E-state index is 12.7. The van der Waals surface area contributed by atoms with E-state index in [0.29, 0.717) is 6.54 Å². The van der Waals surface area contributed by atoms with Crippen molar-refractivity contribution in [3.8, 4) is 0 Å². The van der Waals surface area contributed by atoms with E-state index in [0.717, 1.165) is 25.7 Å². The second-order valence-corrected chi connectivity index (χ2v) is 5.72. The lowest BCUT2D eigenvalue weighted by molar-refractivity contribution is -0.123. The molecule has 1 amide bonds. The summed E-state index contributed by atoms with van der Waals surface area (Å²) in [7, 11) is 0. The van der Waals surface area contributed by atoms with Crippen LogP contribution >= 0.6 is 11.6 Å². The van der Waals surface area contributed by atoms with Gasteiger partial charge in [0.25, 0.3) is 11.5 Å². The Bertz CT molecular complexity index is 475. The number of carbonyl (C=O) groups is 1. The maximum absolute atomic E-state index is 12.7. The highest BCUT2D eigenvalue weighted by Gasteiger charge is 2.30. The molecule has 1 aliphatic rings. The highest BCUT2D eigenvalue weighted by molar-refractivity contribution is 6.29. The minimum atomic E-state index is -1.98. The van der Waals surface area contributed by atoms with Crippen LogP contribution in [-0.2, 0) is 11.2 Å². The Labute approximate surface area is 124 Å². The number of hydrogen-bond acceptors (Lipinski definition) is 1. The Morgan fingerprint density at radius 2 is 2.15 bits per heavy atom. The molecule has 108 valence electrons. The summed E-state index contributed by atoms with van der Waals surface area (Å²) in [5.41, 5.74) is -0.895. The van der Waals surface area contributed by atoms with E-state index in [1.807, 2.05) is 18.2 Å². The van der Waals surface area contributed by atoms with E-state index in [-0.39, 0.29) is 5.41 Å². The van der Waals surface area contributed by atoms with Crippen LogP contribution in [0, 0.1) is 5.41 Å². The van der Waals surface area contributed by atoms with Gasteiger partial charge in [0.1, 0.15) is 0 Å². The van der Waals surface area contributed by atoms with Crippen LogP contribution < -0.4 is 5.32 Å². The van der Waals surface area contributed by atoms with Gasteiger partial charge in [-0.15, -0.1) is 0 Å². The zero-order valence-corrected chi connectivity index (χ0v) is 12.1. The van der Waals surface area contributed by atoms with Gasteiger partial charge in [-0.3, -0.25) is 4.79 Å². The Balaban J connectivity index is 2.08. The van der Waals surface area contributed by atoms with Crippen LogP contribution in [0.2, 0.25) is 0 Å². The molecular formula is C16H19ClFNO. The first-order valence-electron chi connectivity index (χ1n) is 6.89. The first-order valence-corrected chi connectivity index (χ1v) is 7.32. The first-order chi connectivity index (χ1) is 9.61. The predicted molar refractivity (Wildman–Crippen MR) is 79.3 cm³/mol. The fourth-order valence-electron chi connectivity index (χ4n) is 2.69. The highest BCUT2D eigenvalue weighted by atomic mass is 35.5. The monoisotopic (exact) mass is 295 g/mol. The zero-order chi connectivity index (χ0) is 14.4. The molecule has 0 radical (unpaired) electrons. The molecule has 0 spiro atoms. The summed E-state index contributed by atoms with van der Waals surface area (Å²) in [5.74, 6) is -0.752. The van der Waals surface area contributed by atoms with E-state index in [4.69, 9.17) is 11.6 Å². The van der Waals surface area contributed by atoms with E-state index < -0.39 is 11.5 Å². The minimum Gasteiger partial charge on any atom is -0.352 e. The molecule has 0 heterocycles. The second-order valence-electron chi connectivity index (χ2n) is 5.34. The Morgan fingerprint density at radius 1 is 1.40 bits per heavy atom. The molecule has 1 aromatic rings. The fourth-order valence-corrected chi connectivity index (χ4v) is 2.77. The average molecular weight is 296 g/mol. The highest BCUT2D eigenvalue weighted by Crippen LogP contribution is 2.34. The Kier molecular flexibility index (Phi) is 5.18. The van der Waals surface area contributed by atoms with Gasteiger partial charge in [-0.25, -0.2) is 4.39 Å². The summed E-state index contributed by atoms with van der Waals surface area (Å²) in [6.45, 7) is 0.421. The van der Waals surface area contributed by atoms with Gasteiger partial charge < -0.3 is 5.32 Å². The standard InChI is InChI=1S/C16H19ClFNO/c17-14(18)15(20)19-12-16(9-5-2-6-10-16)11-13-7-3-1-4-8-13/h1,3-5,7-9,14H,2,6,10-12H2,(H,19,20). The number of alkyl halides is 2. The van der Waals surface area contributed by atoms with Gasteiger partial charge in [0.2, 0.25) is 0 Å². The van der Waals surface area contributed by atoms with E-state index in [1.54, 1.807) is 0 Å². The molecule has 1 aromatic carbocycles. The molecule has 1 aliphatic carbocycles. The smallest absolute Gasteiger partial charge is 0.270 e. The van der Waals surface area contributed by atoms with Crippen LogP contribution in [0.1, 0.15) is 24.8 Å². The number of allylic oxidation sites excluding steroid dienone is 1. The van der Waals surface area contributed by atoms with Crippen molar-refractivity contribution in [1.29, 1.82) is 0 Å². The minimum absolute atomic E-state index is 0.138. The molecule has 0 saturated carbocycles. The van der Waals surface area contributed by atoms with Crippen LogP contribution in [0.25, 0.3) is 0 Å². The van der Waals surface area contributed by atoms with Crippen molar-refractivity contribution >= 4 is 17.5 Å². The van der Waals surface area contributed by atoms with Gasteiger partial charge in [-0.05, 0) is 31.2 Å². The molecule has 0 aromatic heterocycles. The lowest BCUT2D eigenvalue weighted by Crippen LogP contribution is -2.40. The summed E-state index contributed by atoms with van der Waals surface area (Å²) in [6.07, 6.45) is 8.27. The SMILES string of the molecule is O=C(NCC1(Cc2ccccc2)C=CCCC1)C(F)Cl. The largest absolute Gasteiger partial charge is 0.352 e. The molecule has 2 unspecified atom stereocenters. The van der Waals surface area contributed by atoms with Crippen LogP contribution in [0.5, 0.6) is 0 Å². The normalized spacial score (nSPS) is 23.3. The third-order valence-corrected chi connectivity index (χ3v) is 3.93. The molecule has 0 fully saturated rings. The number of nitrogens with one attached hydrogen (secondary N) is 1. The predicted octanol–water partition coefficient (Wildman–Crippen LogP) is 3.61. The van der Waals surface area contributed by atoms with Crippen molar-refractivity contribution < 1.29 is 9.18 Å². The van der Waals surface area contributed by atoms with E-state index >= 15 is 0 Å². The quantitative estimate of drug-likeness (QED) is 0.652. The Morgan fingerprint density at radius 3 is 2.75 bits per heavy atom. The molecule has 0 bridgehead atoms. The topological polar surface area (TPSA) is 29.1 Å². The number of carbonyl (C=O) groups excluding carboxylic acids is 1. The van der Waals surface area contributed by atoms with Gasteiger partial charge in [0, 0.05) is 12.0 Å². The third kappa shape index (κ3) is 4.07. The molecular weight excluding hydrogens is 277 g/mol. The van der Waals surface area contributed by atoms with Crippen molar-refractivity contribution in [2.45, 2.75) is 31.3 Å². The van der Waals surface area contributed by atoms with Crippen LogP contribution in [-0.4, -0.2) is 18.1 Å². The van der Waals surface area contributed by atoms with Crippen LogP contribution in [0.3, 0.4) is 0 Å². The summed E-state index contributed by atoms with van der Waals surface area (Å²) in [5, 5.41) is 2.62. The molecule has 20 heavy (non-hydrogen) atoms. The van der Waals surface area contributed by atoms with Gasteiger partial charge in [0.15, 0.2) is 0 Å². The number of rotatable bonds is 5.